The molecule has 0 aliphatic carbocycles. The normalized spacial score (nSPS) is 26.6. The van der Waals surface area contributed by atoms with Crippen molar-refractivity contribution in [1.82, 2.24) is 19.7 Å². The fourth-order valence-electron chi connectivity index (χ4n) is 3.95. The average molecular weight is 342 g/mol. The van der Waals surface area contributed by atoms with Gasteiger partial charge in [0.05, 0.1) is 6.10 Å². The van der Waals surface area contributed by atoms with Crippen LogP contribution in [0.4, 0.5) is 0 Å². The van der Waals surface area contributed by atoms with Gasteiger partial charge in [0.25, 0.3) is 0 Å². The molecule has 2 aliphatic heterocycles. The van der Waals surface area contributed by atoms with Gasteiger partial charge in [-0.3, -0.25) is 14.6 Å². The summed E-state index contributed by atoms with van der Waals surface area (Å²) in [7, 11) is 0. The standard InChI is InChI=1S/C19H26N4O2/c1-5-16(13-20-7-1)14-22-15-18(19-17(22)6-2-11-25-19)24-12-4-10-23-9-3-8-21-23/h1,3,5,7-9,13,17-19H,2,4,6,10-12,14-15H2/t17-,18+,19+/m0/s1. The predicted molar refractivity (Wildman–Crippen MR) is 94.0 cm³/mol. The number of hydrogen-bond donors (Lipinski definition) is 0. The Bertz CT molecular complexity index is 634. The van der Waals surface area contributed by atoms with Crippen LogP contribution in [0.15, 0.2) is 43.0 Å². The molecule has 2 fully saturated rings. The van der Waals surface area contributed by atoms with E-state index in [0.29, 0.717) is 6.04 Å². The molecule has 0 N–H and O–H groups in total. The molecule has 0 bridgehead atoms. The number of hydrogen-bond acceptors (Lipinski definition) is 5. The van der Waals surface area contributed by atoms with Crippen LogP contribution in [-0.2, 0) is 22.6 Å². The molecule has 0 aromatic carbocycles. The van der Waals surface area contributed by atoms with Gasteiger partial charge in [-0.15, -0.1) is 0 Å². The Morgan fingerprint density at radius 1 is 1.28 bits per heavy atom. The Morgan fingerprint density at radius 3 is 3.12 bits per heavy atom. The molecule has 3 atom stereocenters. The monoisotopic (exact) mass is 342 g/mol. The smallest absolute Gasteiger partial charge is 0.100 e. The summed E-state index contributed by atoms with van der Waals surface area (Å²) < 4.78 is 14.3. The highest BCUT2D eigenvalue weighted by atomic mass is 16.5. The van der Waals surface area contributed by atoms with Crippen molar-refractivity contribution in [2.24, 2.45) is 0 Å². The van der Waals surface area contributed by atoms with Gasteiger partial charge in [-0.1, -0.05) is 6.07 Å². The van der Waals surface area contributed by atoms with Gasteiger partial charge in [0.2, 0.25) is 0 Å². The first kappa shape index (κ1) is 16.7. The molecule has 0 radical (unpaired) electrons. The van der Waals surface area contributed by atoms with Gasteiger partial charge in [-0.05, 0) is 37.0 Å². The molecule has 4 rings (SSSR count). The molecular formula is C19H26N4O2. The molecule has 6 heteroatoms. The van der Waals surface area contributed by atoms with E-state index in [-0.39, 0.29) is 12.2 Å². The zero-order valence-corrected chi connectivity index (χ0v) is 14.5. The maximum atomic E-state index is 6.22. The second-order valence-electron chi connectivity index (χ2n) is 6.87. The van der Waals surface area contributed by atoms with Crippen LogP contribution in [0.1, 0.15) is 24.8 Å². The summed E-state index contributed by atoms with van der Waals surface area (Å²) in [6.07, 6.45) is 11.3. The summed E-state index contributed by atoms with van der Waals surface area (Å²) in [5.74, 6) is 0. The Hall–Kier alpha value is -1.76. The second kappa shape index (κ2) is 8.08. The van der Waals surface area contributed by atoms with Crippen LogP contribution in [-0.4, -0.2) is 57.7 Å². The molecule has 4 heterocycles. The van der Waals surface area contributed by atoms with Crippen LogP contribution < -0.4 is 0 Å². The van der Waals surface area contributed by atoms with E-state index in [4.69, 9.17) is 9.47 Å². The minimum Gasteiger partial charge on any atom is -0.374 e. The largest absolute Gasteiger partial charge is 0.374 e. The molecular weight excluding hydrogens is 316 g/mol. The lowest BCUT2D eigenvalue weighted by Gasteiger charge is -2.32. The molecule has 0 amide bonds. The van der Waals surface area contributed by atoms with Crippen LogP contribution in [0.25, 0.3) is 0 Å². The quantitative estimate of drug-likeness (QED) is 0.722. The maximum Gasteiger partial charge on any atom is 0.100 e. The summed E-state index contributed by atoms with van der Waals surface area (Å²) >= 11 is 0. The van der Waals surface area contributed by atoms with Crippen molar-refractivity contribution >= 4 is 0 Å². The zero-order chi connectivity index (χ0) is 16.9. The molecule has 0 spiro atoms. The highest BCUT2D eigenvalue weighted by Gasteiger charge is 2.44. The first-order valence-electron chi connectivity index (χ1n) is 9.24. The van der Waals surface area contributed by atoms with Crippen LogP contribution in [0.2, 0.25) is 0 Å². The van der Waals surface area contributed by atoms with Crippen LogP contribution in [0.3, 0.4) is 0 Å². The Labute approximate surface area is 148 Å². The SMILES string of the molecule is c1cncc(CN2C[C@@H](OCCCn3cccn3)[C@@H]3OCCC[C@@H]32)c1. The van der Waals surface area contributed by atoms with Crippen molar-refractivity contribution in [3.8, 4) is 0 Å². The fourth-order valence-corrected chi connectivity index (χ4v) is 3.95. The average Bonchev–Trinajstić information content (AvgIpc) is 3.29. The fraction of sp³-hybridized carbons (Fsp3) is 0.579. The van der Waals surface area contributed by atoms with Crippen LogP contribution in [0, 0.1) is 0 Å². The van der Waals surface area contributed by atoms with E-state index in [2.05, 4.69) is 21.0 Å². The number of likely N-dealkylation sites (tertiary alicyclic amines) is 1. The first-order valence-corrected chi connectivity index (χ1v) is 9.24. The Balaban J connectivity index is 1.32. The Kier molecular flexibility index (Phi) is 5.40. The van der Waals surface area contributed by atoms with Crippen molar-refractivity contribution in [2.75, 3.05) is 19.8 Å². The number of ether oxygens (including phenoxy) is 2. The third-order valence-corrected chi connectivity index (χ3v) is 5.11. The zero-order valence-electron chi connectivity index (χ0n) is 14.5. The number of pyridine rings is 1. The summed E-state index contributed by atoms with van der Waals surface area (Å²) in [6.45, 7) is 4.36. The van der Waals surface area contributed by atoms with E-state index in [0.717, 1.165) is 45.7 Å². The molecule has 134 valence electrons. The minimum atomic E-state index is 0.166. The lowest BCUT2D eigenvalue weighted by Crippen LogP contribution is -2.41. The van der Waals surface area contributed by atoms with Crippen molar-refractivity contribution in [2.45, 2.75) is 50.6 Å². The number of rotatable bonds is 7. The molecule has 25 heavy (non-hydrogen) atoms. The lowest BCUT2D eigenvalue weighted by atomic mass is 10.0. The summed E-state index contributed by atoms with van der Waals surface area (Å²) in [5, 5.41) is 4.23. The molecule has 2 saturated heterocycles. The number of aromatic nitrogens is 3. The highest BCUT2D eigenvalue weighted by Crippen LogP contribution is 2.31. The van der Waals surface area contributed by atoms with E-state index >= 15 is 0 Å². The second-order valence-corrected chi connectivity index (χ2v) is 6.87. The van der Waals surface area contributed by atoms with Gasteiger partial charge in [0.1, 0.15) is 6.10 Å². The summed E-state index contributed by atoms with van der Waals surface area (Å²) in [6, 6.07) is 6.56. The van der Waals surface area contributed by atoms with Crippen molar-refractivity contribution < 1.29 is 9.47 Å². The molecule has 2 aliphatic rings. The van der Waals surface area contributed by atoms with Crippen LogP contribution in [0.5, 0.6) is 0 Å². The molecule has 2 aromatic rings. The highest BCUT2D eigenvalue weighted by molar-refractivity contribution is 5.10. The van der Waals surface area contributed by atoms with Gasteiger partial charge < -0.3 is 9.47 Å². The van der Waals surface area contributed by atoms with Crippen molar-refractivity contribution in [3.63, 3.8) is 0 Å². The molecule has 6 nitrogen and oxygen atoms in total. The molecule has 0 unspecified atom stereocenters. The minimum absolute atomic E-state index is 0.166. The van der Waals surface area contributed by atoms with Gasteiger partial charge >= 0.3 is 0 Å². The summed E-state index contributed by atoms with van der Waals surface area (Å²) in [5.41, 5.74) is 1.26. The van der Waals surface area contributed by atoms with E-state index in [9.17, 15) is 0 Å². The van der Waals surface area contributed by atoms with Gasteiger partial charge in [-0.2, -0.15) is 5.10 Å². The Morgan fingerprint density at radius 2 is 2.28 bits per heavy atom. The molecule has 0 saturated carbocycles. The number of fused-ring (bicyclic) bond motifs is 1. The van der Waals surface area contributed by atoms with E-state index in [1.54, 1.807) is 0 Å². The lowest BCUT2D eigenvalue weighted by molar-refractivity contribution is -0.0780. The van der Waals surface area contributed by atoms with Gasteiger partial charge in [0.15, 0.2) is 0 Å². The van der Waals surface area contributed by atoms with E-state index < -0.39 is 0 Å². The number of nitrogens with zero attached hydrogens (tertiary/aromatic N) is 4. The third-order valence-electron chi connectivity index (χ3n) is 5.11. The molecule has 2 aromatic heterocycles. The van der Waals surface area contributed by atoms with Crippen LogP contribution >= 0.6 is 0 Å². The van der Waals surface area contributed by atoms with Crippen molar-refractivity contribution in [1.29, 1.82) is 0 Å². The van der Waals surface area contributed by atoms with E-state index in [1.165, 1.54) is 12.0 Å². The first-order chi connectivity index (χ1) is 12.4. The predicted octanol–water partition coefficient (Wildman–Crippen LogP) is 2.12. The van der Waals surface area contributed by atoms with Crippen molar-refractivity contribution in [3.05, 3.63) is 48.5 Å². The number of aryl methyl sites for hydroxylation is 1. The van der Waals surface area contributed by atoms with Gasteiger partial charge in [0, 0.05) is 63.7 Å². The third kappa shape index (κ3) is 4.08. The van der Waals surface area contributed by atoms with E-state index in [1.807, 2.05) is 41.6 Å². The maximum absolute atomic E-state index is 6.22. The topological polar surface area (TPSA) is 52.4 Å². The summed E-state index contributed by atoms with van der Waals surface area (Å²) in [4.78, 5) is 6.75. The van der Waals surface area contributed by atoms with Gasteiger partial charge in [-0.25, -0.2) is 0 Å².